The van der Waals surface area contributed by atoms with Crippen LogP contribution in [-0.2, 0) is 11.4 Å². The molecule has 0 atom stereocenters. The molecule has 18 heavy (non-hydrogen) atoms. The van der Waals surface area contributed by atoms with Gasteiger partial charge in [-0.2, -0.15) is 0 Å². The number of piperidine rings is 1. The molecule has 1 aliphatic rings. The summed E-state index contributed by atoms with van der Waals surface area (Å²) in [6, 6.07) is 3.80. The molecule has 0 aliphatic carbocycles. The molecule has 5 heteroatoms. The first-order valence-corrected chi connectivity index (χ1v) is 6.27. The average molecular weight is 249 g/mol. The van der Waals surface area contributed by atoms with Crippen LogP contribution in [0, 0.1) is 5.92 Å². The van der Waals surface area contributed by atoms with E-state index in [0.717, 1.165) is 37.3 Å². The van der Waals surface area contributed by atoms with Crippen molar-refractivity contribution in [3.05, 3.63) is 23.9 Å². The molecule has 0 unspecified atom stereocenters. The minimum atomic E-state index is 0.0199. The Morgan fingerprint density at radius 3 is 2.72 bits per heavy atom. The molecular formula is C13H19N3O2. The van der Waals surface area contributed by atoms with Gasteiger partial charge in [0.25, 0.3) is 0 Å². The van der Waals surface area contributed by atoms with Crippen LogP contribution in [0.2, 0.25) is 0 Å². The summed E-state index contributed by atoms with van der Waals surface area (Å²) in [4.78, 5) is 18.0. The quantitative estimate of drug-likeness (QED) is 0.820. The van der Waals surface area contributed by atoms with Crippen molar-refractivity contribution in [2.75, 3.05) is 25.0 Å². The molecule has 1 saturated heterocycles. The molecule has 98 valence electrons. The lowest BCUT2D eigenvalue weighted by atomic mass is 9.96. The summed E-state index contributed by atoms with van der Waals surface area (Å²) in [7, 11) is 1.68. The number of nitrogens with one attached hydrogen (secondary N) is 1. The normalized spacial score (nSPS) is 16.7. The molecule has 1 amide bonds. The topological polar surface area (TPSA) is 65.5 Å². The standard InChI is InChI=1S/C13H19N3O2/c1-14-13(18)11-4-6-16(7-5-11)12-3-2-10(9-17)8-15-12/h2-3,8,11,17H,4-7,9H2,1H3,(H,14,18). The van der Waals surface area contributed by atoms with Crippen LogP contribution in [0.1, 0.15) is 18.4 Å². The van der Waals surface area contributed by atoms with Crippen molar-refractivity contribution in [3.8, 4) is 0 Å². The van der Waals surface area contributed by atoms with Gasteiger partial charge in [0, 0.05) is 32.3 Å². The van der Waals surface area contributed by atoms with E-state index < -0.39 is 0 Å². The maximum Gasteiger partial charge on any atom is 0.222 e. The summed E-state index contributed by atoms with van der Waals surface area (Å²) >= 11 is 0. The fourth-order valence-electron chi connectivity index (χ4n) is 2.27. The smallest absolute Gasteiger partial charge is 0.222 e. The zero-order chi connectivity index (χ0) is 13.0. The highest BCUT2D eigenvalue weighted by Crippen LogP contribution is 2.21. The Hall–Kier alpha value is -1.62. The summed E-state index contributed by atoms with van der Waals surface area (Å²) in [6.45, 7) is 1.72. The predicted octanol–water partition coefficient (Wildman–Crippen LogP) is 0.536. The van der Waals surface area contributed by atoms with E-state index in [0.29, 0.717) is 0 Å². The Kier molecular flexibility index (Phi) is 4.15. The molecule has 0 bridgehead atoms. The monoisotopic (exact) mass is 249 g/mol. The van der Waals surface area contributed by atoms with Gasteiger partial charge < -0.3 is 15.3 Å². The second-order valence-electron chi connectivity index (χ2n) is 4.56. The lowest BCUT2D eigenvalue weighted by Gasteiger charge is -2.31. The Balaban J connectivity index is 1.94. The molecular weight excluding hydrogens is 230 g/mol. The molecule has 1 aromatic heterocycles. The third-order valence-corrected chi connectivity index (χ3v) is 3.43. The van der Waals surface area contributed by atoms with E-state index in [1.54, 1.807) is 13.2 Å². The zero-order valence-electron chi connectivity index (χ0n) is 10.6. The average Bonchev–Trinajstić information content (AvgIpc) is 2.47. The Bertz CT molecular complexity index is 397. The van der Waals surface area contributed by atoms with Gasteiger partial charge in [-0.25, -0.2) is 4.98 Å². The van der Waals surface area contributed by atoms with E-state index in [1.807, 2.05) is 12.1 Å². The minimum absolute atomic E-state index is 0.0199. The zero-order valence-corrected chi connectivity index (χ0v) is 10.6. The highest BCUT2D eigenvalue weighted by molar-refractivity contribution is 5.78. The number of rotatable bonds is 3. The second-order valence-corrected chi connectivity index (χ2v) is 4.56. The van der Waals surface area contributed by atoms with Crippen LogP contribution < -0.4 is 10.2 Å². The minimum Gasteiger partial charge on any atom is -0.392 e. The second kappa shape index (κ2) is 5.82. The fraction of sp³-hybridized carbons (Fsp3) is 0.538. The molecule has 1 aliphatic heterocycles. The van der Waals surface area contributed by atoms with Crippen LogP contribution in [0.25, 0.3) is 0 Å². The molecule has 0 saturated carbocycles. The van der Waals surface area contributed by atoms with E-state index >= 15 is 0 Å². The van der Waals surface area contributed by atoms with Gasteiger partial charge in [0.15, 0.2) is 0 Å². The van der Waals surface area contributed by atoms with Gasteiger partial charge >= 0.3 is 0 Å². The maximum atomic E-state index is 11.5. The number of aromatic nitrogens is 1. The highest BCUT2D eigenvalue weighted by Gasteiger charge is 2.24. The molecule has 1 fully saturated rings. The number of aliphatic hydroxyl groups is 1. The molecule has 2 rings (SSSR count). The first-order chi connectivity index (χ1) is 8.74. The number of hydrogen-bond acceptors (Lipinski definition) is 4. The van der Waals surface area contributed by atoms with Gasteiger partial charge in [-0.1, -0.05) is 6.07 Å². The molecule has 0 radical (unpaired) electrons. The van der Waals surface area contributed by atoms with Gasteiger partial charge in [-0.3, -0.25) is 4.79 Å². The summed E-state index contributed by atoms with van der Waals surface area (Å²) < 4.78 is 0. The van der Waals surface area contributed by atoms with Gasteiger partial charge in [0.1, 0.15) is 5.82 Å². The number of anilines is 1. The van der Waals surface area contributed by atoms with Crippen LogP contribution >= 0.6 is 0 Å². The number of carbonyl (C=O) groups excluding carboxylic acids is 1. The summed E-state index contributed by atoms with van der Waals surface area (Å²) in [5.41, 5.74) is 0.819. The predicted molar refractivity (Wildman–Crippen MR) is 69.2 cm³/mol. The first-order valence-electron chi connectivity index (χ1n) is 6.27. The van der Waals surface area contributed by atoms with Crippen LogP contribution in [0.15, 0.2) is 18.3 Å². The summed E-state index contributed by atoms with van der Waals surface area (Å²) in [5, 5.41) is 11.7. The number of aliphatic hydroxyl groups excluding tert-OH is 1. The number of amides is 1. The van der Waals surface area contributed by atoms with Gasteiger partial charge in [-0.05, 0) is 24.5 Å². The summed E-state index contributed by atoms with van der Waals surface area (Å²) in [5.74, 6) is 1.18. The molecule has 0 spiro atoms. The van der Waals surface area contributed by atoms with Crippen molar-refractivity contribution < 1.29 is 9.90 Å². The third kappa shape index (κ3) is 2.79. The largest absolute Gasteiger partial charge is 0.392 e. The number of hydrogen-bond donors (Lipinski definition) is 2. The van der Waals surface area contributed by atoms with E-state index in [4.69, 9.17) is 5.11 Å². The number of pyridine rings is 1. The van der Waals surface area contributed by atoms with Crippen LogP contribution in [0.3, 0.4) is 0 Å². The Labute approximate surface area is 107 Å². The van der Waals surface area contributed by atoms with Crippen molar-refractivity contribution in [1.82, 2.24) is 10.3 Å². The van der Waals surface area contributed by atoms with E-state index in [1.165, 1.54) is 0 Å². The number of carbonyl (C=O) groups is 1. The SMILES string of the molecule is CNC(=O)C1CCN(c2ccc(CO)cn2)CC1. The third-order valence-electron chi connectivity index (χ3n) is 3.43. The Morgan fingerprint density at radius 2 is 2.22 bits per heavy atom. The summed E-state index contributed by atoms with van der Waals surface area (Å²) in [6.07, 6.45) is 3.42. The van der Waals surface area contributed by atoms with Crippen molar-refractivity contribution in [2.45, 2.75) is 19.4 Å². The van der Waals surface area contributed by atoms with Gasteiger partial charge in [0.2, 0.25) is 5.91 Å². The highest BCUT2D eigenvalue weighted by atomic mass is 16.3. The number of nitrogens with zero attached hydrogens (tertiary/aromatic N) is 2. The maximum absolute atomic E-state index is 11.5. The molecule has 0 aromatic carbocycles. The van der Waals surface area contributed by atoms with Crippen LogP contribution in [0.4, 0.5) is 5.82 Å². The molecule has 5 nitrogen and oxygen atoms in total. The first kappa shape index (κ1) is 12.8. The Morgan fingerprint density at radius 1 is 1.50 bits per heavy atom. The lowest BCUT2D eigenvalue weighted by Crippen LogP contribution is -2.39. The van der Waals surface area contributed by atoms with Crippen molar-refractivity contribution in [3.63, 3.8) is 0 Å². The van der Waals surface area contributed by atoms with Gasteiger partial charge in [-0.15, -0.1) is 0 Å². The van der Waals surface area contributed by atoms with Crippen LogP contribution in [0.5, 0.6) is 0 Å². The fourth-order valence-corrected chi connectivity index (χ4v) is 2.27. The lowest BCUT2D eigenvalue weighted by molar-refractivity contribution is -0.125. The van der Waals surface area contributed by atoms with Crippen LogP contribution in [-0.4, -0.2) is 36.1 Å². The van der Waals surface area contributed by atoms with E-state index in [9.17, 15) is 4.79 Å². The van der Waals surface area contributed by atoms with Crippen molar-refractivity contribution >= 4 is 11.7 Å². The van der Waals surface area contributed by atoms with Crippen molar-refractivity contribution in [2.24, 2.45) is 5.92 Å². The van der Waals surface area contributed by atoms with Gasteiger partial charge in [0.05, 0.1) is 6.61 Å². The molecule has 1 aromatic rings. The van der Waals surface area contributed by atoms with E-state index in [2.05, 4.69) is 15.2 Å². The molecule has 2 N–H and O–H groups in total. The van der Waals surface area contributed by atoms with Crippen molar-refractivity contribution in [1.29, 1.82) is 0 Å². The molecule has 2 heterocycles. The van der Waals surface area contributed by atoms with E-state index in [-0.39, 0.29) is 18.4 Å².